The number of carbonyl (C=O) groups is 1. The van der Waals surface area contributed by atoms with E-state index in [2.05, 4.69) is 40.7 Å². The maximum Gasteiger partial charge on any atom is 0.332 e. The van der Waals surface area contributed by atoms with Gasteiger partial charge in [-0.1, -0.05) is 65.5 Å². The Hall–Kier alpha value is -0.910. The first-order valence-corrected chi connectivity index (χ1v) is 16.8. The zero-order valence-electron chi connectivity index (χ0n) is 26.7. The van der Waals surface area contributed by atoms with Gasteiger partial charge >= 0.3 is 5.97 Å². The third-order valence-corrected chi connectivity index (χ3v) is 11.7. The molecule has 3 saturated carbocycles. The molecular formula is C35H60O5. The molecule has 4 aliphatic carbocycles. The van der Waals surface area contributed by atoms with Gasteiger partial charge in [-0.3, -0.25) is 0 Å². The van der Waals surface area contributed by atoms with Crippen LogP contribution in [0, 0.1) is 46.3 Å². The fraction of sp³-hybridized carbons (Fsp3) is 0.914. The molecule has 0 heterocycles. The van der Waals surface area contributed by atoms with Crippen LogP contribution >= 0.6 is 0 Å². The number of hydrogen-bond acceptors (Lipinski definition) is 5. The van der Waals surface area contributed by atoms with Gasteiger partial charge < -0.3 is 18.9 Å². The number of ether oxygens (including phenoxy) is 4. The molecule has 0 N–H and O–H groups in total. The molecule has 5 nitrogen and oxygen atoms in total. The van der Waals surface area contributed by atoms with E-state index < -0.39 is 0 Å². The van der Waals surface area contributed by atoms with E-state index in [0.29, 0.717) is 50.0 Å². The average molecular weight is 561 g/mol. The molecule has 0 aromatic carbocycles. The Morgan fingerprint density at radius 2 is 1.73 bits per heavy atom. The molecule has 8 atom stereocenters. The first kappa shape index (κ1) is 32.0. The summed E-state index contributed by atoms with van der Waals surface area (Å²) in [5.41, 5.74) is 2.63. The minimum atomic E-state index is -0.324. The summed E-state index contributed by atoms with van der Waals surface area (Å²) in [5, 5.41) is 0. The summed E-state index contributed by atoms with van der Waals surface area (Å²) >= 11 is 0. The fourth-order valence-electron chi connectivity index (χ4n) is 9.65. The van der Waals surface area contributed by atoms with E-state index in [-0.39, 0.29) is 12.6 Å². The molecule has 0 aromatic rings. The molecule has 0 amide bonds. The largest absolute Gasteiger partial charge is 0.464 e. The van der Waals surface area contributed by atoms with Gasteiger partial charge in [0, 0.05) is 0 Å². The van der Waals surface area contributed by atoms with Crippen molar-refractivity contribution >= 4 is 5.97 Å². The maximum absolute atomic E-state index is 11.3. The number of fused-ring (bicyclic) bond motifs is 5. The Balaban J connectivity index is 1.22. The van der Waals surface area contributed by atoms with Gasteiger partial charge in [-0.2, -0.15) is 0 Å². The monoisotopic (exact) mass is 560 g/mol. The van der Waals surface area contributed by atoms with Crippen molar-refractivity contribution in [3.8, 4) is 0 Å². The SMILES string of the molecule is CCOC(=O)COCCOCCO[C@H]1CC[C@@]2(C)C(=CCC3C2CC[C@@]2(C)C3CC[C@@H]2[C@H](C)CCCC(C)C)C1. The third kappa shape index (κ3) is 7.35. The molecular weight excluding hydrogens is 500 g/mol. The summed E-state index contributed by atoms with van der Waals surface area (Å²) < 4.78 is 22.1. The van der Waals surface area contributed by atoms with E-state index >= 15 is 0 Å². The van der Waals surface area contributed by atoms with Crippen LogP contribution in [0.25, 0.3) is 0 Å². The van der Waals surface area contributed by atoms with Crippen molar-refractivity contribution in [1.29, 1.82) is 0 Å². The van der Waals surface area contributed by atoms with Crippen LogP contribution < -0.4 is 0 Å². The predicted octanol–water partition coefficient (Wildman–Crippen LogP) is 8.01. The molecule has 3 unspecified atom stereocenters. The highest BCUT2D eigenvalue weighted by Crippen LogP contribution is 2.67. The van der Waals surface area contributed by atoms with Crippen molar-refractivity contribution in [1.82, 2.24) is 0 Å². The van der Waals surface area contributed by atoms with Crippen LogP contribution in [0.3, 0.4) is 0 Å². The van der Waals surface area contributed by atoms with E-state index in [1.807, 2.05) is 0 Å². The smallest absolute Gasteiger partial charge is 0.332 e. The number of allylic oxidation sites excluding steroid dienone is 1. The van der Waals surface area contributed by atoms with Crippen molar-refractivity contribution in [3.05, 3.63) is 11.6 Å². The lowest BCUT2D eigenvalue weighted by Crippen LogP contribution is -2.51. The van der Waals surface area contributed by atoms with Crippen molar-refractivity contribution in [2.75, 3.05) is 39.6 Å². The molecule has 40 heavy (non-hydrogen) atoms. The summed E-state index contributed by atoms with van der Waals surface area (Å²) in [4.78, 5) is 11.3. The van der Waals surface area contributed by atoms with Gasteiger partial charge in [0.1, 0.15) is 6.61 Å². The zero-order valence-corrected chi connectivity index (χ0v) is 26.7. The molecule has 3 fully saturated rings. The lowest BCUT2D eigenvalue weighted by molar-refractivity contribution is -0.149. The standard InChI is InChI=1S/C35H60O5/c1-7-39-33(36)24-38-20-19-37-21-22-40-28-15-17-34(5)27(23-28)11-12-29-31-14-13-30(26(4)10-8-9-25(2)3)35(31,6)18-16-32(29)34/h11,25-26,28-32H,7-10,12-24H2,1-6H3/t26-,28+,29?,30-,31?,32?,34+,35-/m1/s1. The van der Waals surface area contributed by atoms with Gasteiger partial charge in [-0.25, -0.2) is 4.79 Å². The van der Waals surface area contributed by atoms with Gasteiger partial charge in [0.15, 0.2) is 0 Å². The Morgan fingerprint density at radius 1 is 0.950 bits per heavy atom. The topological polar surface area (TPSA) is 54.0 Å². The second-order valence-electron chi connectivity index (χ2n) is 14.5. The molecule has 0 spiro atoms. The van der Waals surface area contributed by atoms with Crippen LogP contribution in [0.15, 0.2) is 11.6 Å². The highest BCUT2D eigenvalue weighted by Gasteiger charge is 2.59. The quantitative estimate of drug-likeness (QED) is 0.115. The number of esters is 1. The molecule has 230 valence electrons. The Kier molecular flexibility index (Phi) is 11.6. The minimum absolute atomic E-state index is 0.0103. The van der Waals surface area contributed by atoms with E-state index in [9.17, 15) is 4.79 Å². The molecule has 0 aliphatic heterocycles. The molecule has 4 rings (SSSR count). The Bertz CT molecular complexity index is 838. The predicted molar refractivity (Wildman–Crippen MR) is 161 cm³/mol. The molecule has 0 saturated heterocycles. The third-order valence-electron chi connectivity index (χ3n) is 11.7. The van der Waals surface area contributed by atoms with Gasteiger partial charge in [0.2, 0.25) is 0 Å². The lowest BCUT2D eigenvalue weighted by Gasteiger charge is -2.58. The molecule has 0 aromatic heterocycles. The first-order chi connectivity index (χ1) is 19.2. The first-order valence-electron chi connectivity index (χ1n) is 16.8. The van der Waals surface area contributed by atoms with Gasteiger partial charge in [0.25, 0.3) is 0 Å². The van der Waals surface area contributed by atoms with Crippen LogP contribution in [-0.2, 0) is 23.7 Å². The zero-order chi connectivity index (χ0) is 28.8. The second-order valence-corrected chi connectivity index (χ2v) is 14.5. The van der Waals surface area contributed by atoms with Gasteiger partial charge in [-0.05, 0) is 105 Å². The number of hydrogen-bond donors (Lipinski definition) is 0. The summed E-state index contributed by atoms with van der Waals surface area (Å²) in [7, 11) is 0. The van der Waals surface area contributed by atoms with Crippen LogP contribution in [0.5, 0.6) is 0 Å². The van der Waals surface area contributed by atoms with Crippen molar-refractivity contribution in [2.24, 2.45) is 46.3 Å². The second kappa shape index (κ2) is 14.5. The summed E-state index contributed by atoms with van der Waals surface area (Å²) in [6.07, 6.45) is 17.8. The van der Waals surface area contributed by atoms with Crippen LogP contribution in [0.2, 0.25) is 0 Å². The van der Waals surface area contributed by atoms with Crippen LogP contribution in [0.4, 0.5) is 0 Å². The molecule has 4 aliphatic rings. The Morgan fingerprint density at radius 3 is 2.50 bits per heavy atom. The Labute approximate surface area is 245 Å². The van der Waals surface area contributed by atoms with Crippen LogP contribution in [0.1, 0.15) is 112 Å². The average Bonchev–Trinajstić information content (AvgIpc) is 3.27. The summed E-state index contributed by atoms with van der Waals surface area (Å²) in [6, 6.07) is 0. The van der Waals surface area contributed by atoms with E-state index in [1.54, 1.807) is 12.5 Å². The van der Waals surface area contributed by atoms with Crippen molar-refractivity contribution in [3.63, 3.8) is 0 Å². The lowest BCUT2D eigenvalue weighted by atomic mass is 9.47. The van der Waals surface area contributed by atoms with Crippen molar-refractivity contribution < 1.29 is 23.7 Å². The number of carbonyl (C=O) groups excluding carboxylic acids is 1. The van der Waals surface area contributed by atoms with E-state index in [4.69, 9.17) is 18.9 Å². The van der Waals surface area contributed by atoms with Crippen molar-refractivity contribution in [2.45, 2.75) is 118 Å². The van der Waals surface area contributed by atoms with Gasteiger partial charge in [-0.15, -0.1) is 0 Å². The maximum atomic E-state index is 11.3. The van der Waals surface area contributed by atoms with Gasteiger partial charge in [0.05, 0.1) is 39.1 Å². The van der Waals surface area contributed by atoms with Crippen LogP contribution in [-0.4, -0.2) is 51.7 Å². The molecule has 5 heteroatoms. The number of rotatable bonds is 15. The fourth-order valence-corrected chi connectivity index (χ4v) is 9.65. The minimum Gasteiger partial charge on any atom is -0.464 e. The summed E-state index contributed by atoms with van der Waals surface area (Å²) in [5.74, 6) is 4.99. The summed E-state index contributed by atoms with van der Waals surface area (Å²) in [6.45, 7) is 16.8. The van der Waals surface area contributed by atoms with E-state index in [1.165, 1.54) is 57.8 Å². The molecule has 0 radical (unpaired) electrons. The molecule has 0 bridgehead atoms. The van der Waals surface area contributed by atoms with E-state index in [0.717, 1.165) is 48.3 Å². The normalized spacial score (nSPS) is 36.0. The highest BCUT2D eigenvalue weighted by atomic mass is 16.6. The highest BCUT2D eigenvalue weighted by molar-refractivity contribution is 5.70.